The third kappa shape index (κ3) is 5.95. The van der Waals surface area contributed by atoms with Gasteiger partial charge < -0.3 is 19.6 Å². The topological polar surface area (TPSA) is 87.1 Å². The Morgan fingerprint density at radius 1 is 1.16 bits per heavy atom. The van der Waals surface area contributed by atoms with Crippen molar-refractivity contribution in [3.63, 3.8) is 0 Å². The summed E-state index contributed by atoms with van der Waals surface area (Å²) < 4.78 is 4.71. The lowest BCUT2D eigenvalue weighted by Crippen LogP contribution is -2.55. The van der Waals surface area contributed by atoms with Gasteiger partial charge in [-0.2, -0.15) is 0 Å². The summed E-state index contributed by atoms with van der Waals surface area (Å²) in [7, 11) is 0. The Kier molecular flexibility index (Phi) is 10.7. The molecule has 3 fully saturated rings. The van der Waals surface area contributed by atoms with Crippen molar-refractivity contribution in [1.82, 2.24) is 9.80 Å². The molecule has 2 amide bonds. The first-order valence-electron chi connectivity index (χ1n) is 14.1. The number of ether oxygens (including phenoxy) is 1. The monoisotopic (exact) mass is 534 g/mol. The number of nitrogens with zero attached hydrogens (tertiary/aromatic N) is 2. The number of likely N-dealkylation sites (tertiary alicyclic amines) is 1. The van der Waals surface area contributed by atoms with Crippen molar-refractivity contribution in [1.29, 1.82) is 0 Å². The maximum Gasteiger partial charge on any atom is 0.311 e. The maximum absolute atomic E-state index is 14.2. The van der Waals surface area contributed by atoms with Crippen LogP contribution in [0.15, 0.2) is 25.3 Å². The molecule has 7 nitrogen and oxygen atoms in total. The van der Waals surface area contributed by atoms with Gasteiger partial charge >= 0.3 is 5.97 Å². The van der Waals surface area contributed by atoms with Crippen LogP contribution in [0.1, 0.15) is 78.1 Å². The van der Waals surface area contributed by atoms with E-state index in [4.69, 9.17) is 4.74 Å². The summed E-state index contributed by atoms with van der Waals surface area (Å²) in [6.45, 7) is 13.8. The molecule has 0 radical (unpaired) electrons. The molecule has 0 aliphatic carbocycles. The summed E-state index contributed by atoms with van der Waals surface area (Å²) in [5, 5.41) is 9.21. The van der Waals surface area contributed by atoms with E-state index in [1.54, 1.807) is 22.7 Å². The molecule has 0 aromatic carbocycles. The van der Waals surface area contributed by atoms with Gasteiger partial charge in [0, 0.05) is 31.0 Å². The lowest BCUT2D eigenvalue weighted by molar-refractivity contribution is -0.155. The normalized spacial score (nSPS) is 29.9. The van der Waals surface area contributed by atoms with Crippen molar-refractivity contribution in [3.8, 4) is 0 Å². The highest BCUT2D eigenvalue weighted by Gasteiger charge is 2.77. The third-order valence-electron chi connectivity index (χ3n) is 8.31. The molecule has 0 aromatic rings. The van der Waals surface area contributed by atoms with Gasteiger partial charge in [-0.1, -0.05) is 25.5 Å². The van der Waals surface area contributed by atoms with Crippen LogP contribution in [0.3, 0.4) is 0 Å². The van der Waals surface area contributed by atoms with Gasteiger partial charge in [0.15, 0.2) is 0 Å². The lowest BCUT2D eigenvalue weighted by Gasteiger charge is -2.37. The minimum atomic E-state index is -0.613. The molecule has 0 aromatic heterocycles. The zero-order valence-corrected chi connectivity index (χ0v) is 23.6. The number of carbonyl (C=O) groups is 3. The quantitative estimate of drug-likeness (QED) is 0.170. The number of unbranched alkanes of at least 4 members (excludes halogenated alkanes) is 5. The first-order valence-corrected chi connectivity index (χ1v) is 14.9. The van der Waals surface area contributed by atoms with Crippen LogP contribution in [0.2, 0.25) is 0 Å². The second kappa shape index (κ2) is 13.3. The Morgan fingerprint density at radius 3 is 2.62 bits per heavy atom. The van der Waals surface area contributed by atoms with E-state index in [2.05, 4.69) is 27.0 Å². The highest BCUT2D eigenvalue weighted by atomic mass is 32.2. The number of fused-ring (bicyclic) bond motifs is 1. The molecule has 208 valence electrons. The first kappa shape index (κ1) is 29.8. The molecule has 3 heterocycles. The maximum atomic E-state index is 14.2. The summed E-state index contributed by atoms with van der Waals surface area (Å²) in [6.07, 6.45) is 11.7. The van der Waals surface area contributed by atoms with Crippen molar-refractivity contribution in [2.24, 2.45) is 11.8 Å². The predicted molar refractivity (Wildman–Crippen MR) is 148 cm³/mol. The largest absolute Gasteiger partial charge is 0.465 e. The molecule has 1 spiro atoms. The van der Waals surface area contributed by atoms with Gasteiger partial charge in [-0.05, 0) is 64.7 Å². The van der Waals surface area contributed by atoms with E-state index >= 15 is 0 Å². The number of hydrogen-bond donors (Lipinski definition) is 1. The lowest BCUT2D eigenvalue weighted by atomic mass is 9.66. The summed E-state index contributed by atoms with van der Waals surface area (Å²) in [5.74, 6) is -1.49. The van der Waals surface area contributed by atoms with E-state index in [1.165, 1.54) is 0 Å². The van der Waals surface area contributed by atoms with Crippen molar-refractivity contribution < 1.29 is 24.2 Å². The molecular weight excluding hydrogens is 488 g/mol. The zero-order valence-electron chi connectivity index (χ0n) is 22.8. The average molecular weight is 535 g/mol. The number of aliphatic hydroxyl groups excluding tert-OH is 1. The van der Waals surface area contributed by atoms with Crippen LogP contribution in [0, 0.1) is 11.8 Å². The first-order chi connectivity index (χ1) is 17.8. The van der Waals surface area contributed by atoms with E-state index in [0.29, 0.717) is 32.7 Å². The Labute approximate surface area is 227 Å². The van der Waals surface area contributed by atoms with Crippen LogP contribution in [0.4, 0.5) is 0 Å². The molecule has 0 saturated carbocycles. The minimum absolute atomic E-state index is 0.0263. The van der Waals surface area contributed by atoms with Crippen LogP contribution in [-0.2, 0) is 19.1 Å². The molecule has 2 unspecified atom stereocenters. The van der Waals surface area contributed by atoms with Gasteiger partial charge in [-0.3, -0.25) is 14.4 Å². The van der Waals surface area contributed by atoms with Gasteiger partial charge in [0.05, 0.1) is 23.2 Å². The Hall–Kier alpha value is -1.80. The fraction of sp³-hybridized carbons (Fsp3) is 0.759. The van der Waals surface area contributed by atoms with E-state index < -0.39 is 27.4 Å². The zero-order chi connectivity index (χ0) is 27.1. The van der Waals surface area contributed by atoms with Crippen LogP contribution in [0.5, 0.6) is 0 Å². The summed E-state index contributed by atoms with van der Waals surface area (Å²) in [5.41, 5.74) is 0. The molecule has 3 aliphatic heterocycles. The second-order valence-electron chi connectivity index (χ2n) is 10.9. The fourth-order valence-electron chi connectivity index (χ4n) is 6.50. The number of aliphatic hydroxyl groups is 1. The molecule has 2 bridgehead atoms. The number of carbonyl (C=O) groups excluding carboxylic acids is 3. The molecular formula is C29H46N2O5S. The molecule has 1 N–H and O–H groups in total. The van der Waals surface area contributed by atoms with Gasteiger partial charge in [0.1, 0.15) is 6.04 Å². The fourth-order valence-corrected chi connectivity index (χ4v) is 8.84. The Morgan fingerprint density at radius 2 is 1.95 bits per heavy atom. The van der Waals surface area contributed by atoms with Gasteiger partial charge in [0.2, 0.25) is 11.8 Å². The Bertz CT molecular complexity index is 850. The molecule has 37 heavy (non-hydrogen) atoms. The van der Waals surface area contributed by atoms with Crippen molar-refractivity contribution in [2.45, 2.75) is 93.6 Å². The van der Waals surface area contributed by atoms with Gasteiger partial charge in [-0.15, -0.1) is 24.9 Å². The molecule has 5 atom stereocenters. The SMILES string of the molecule is C=CCCCCOC(=O)[C@H]1[C@H]2C(=O)N(CCCCCO)C(C(=O)N(CC=C)CCCC)C23CC[C@]1(C)S3. The summed E-state index contributed by atoms with van der Waals surface area (Å²) >= 11 is 1.69. The van der Waals surface area contributed by atoms with E-state index in [9.17, 15) is 19.5 Å². The van der Waals surface area contributed by atoms with E-state index in [0.717, 1.165) is 57.8 Å². The summed E-state index contributed by atoms with van der Waals surface area (Å²) in [6, 6.07) is -0.590. The van der Waals surface area contributed by atoms with Gasteiger partial charge in [-0.25, -0.2) is 0 Å². The standard InChI is InChI=1S/C29H46N2O5S/c1-5-8-10-14-21-36-27(35)23-22-25(33)31(19-12-11-13-20-32)24(29(22)16-15-28(23,4)37-29)26(34)30(17-7-3)18-9-6-2/h5,7,22-24,32H,1,3,6,8-21H2,2,4H3/t22-,23+,24?,28-,29?/m0/s1. The number of esters is 1. The molecule has 3 rings (SSSR count). The minimum Gasteiger partial charge on any atom is -0.465 e. The summed E-state index contributed by atoms with van der Waals surface area (Å²) in [4.78, 5) is 45.3. The van der Waals surface area contributed by atoms with E-state index in [-0.39, 0.29) is 24.4 Å². The van der Waals surface area contributed by atoms with Crippen molar-refractivity contribution >= 4 is 29.5 Å². The van der Waals surface area contributed by atoms with Crippen LogP contribution >= 0.6 is 11.8 Å². The molecule has 3 aliphatic rings. The van der Waals surface area contributed by atoms with Crippen molar-refractivity contribution in [2.75, 3.05) is 32.8 Å². The van der Waals surface area contributed by atoms with Crippen LogP contribution < -0.4 is 0 Å². The average Bonchev–Trinajstić information content (AvgIpc) is 3.44. The third-order valence-corrected chi connectivity index (χ3v) is 10.3. The number of allylic oxidation sites excluding steroid dienone is 1. The van der Waals surface area contributed by atoms with Crippen LogP contribution in [0.25, 0.3) is 0 Å². The Balaban J connectivity index is 1.90. The smallest absolute Gasteiger partial charge is 0.311 e. The number of rotatable bonds is 17. The second-order valence-corrected chi connectivity index (χ2v) is 12.8. The number of hydrogen-bond acceptors (Lipinski definition) is 6. The van der Waals surface area contributed by atoms with Crippen molar-refractivity contribution in [3.05, 3.63) is 25.3 Å². The van der Waals surface area contributed by atoms with Crippen LogP contribution in [-0.4, -0.2) is 81.1 Å². The van der Waals surface area contributed by atoms with Gasteiger partial charge in [0.25, 0.3) is 0 Å². The molecule has 8 heteroatoms. The number of amides is 2. The highest BCUT2D eigenvalue weighted by Crippen LogP contribution is 2.71. The van der Waals surface area contributed by atoms with E-state index in [1.807, 2.05) is 11.0 Å². The number of thioether (sulfide) groups is 1. The predicted octanol–water partition coefficient (Wildman–Crippen LogP) is 4.34. The molecule has 3 saturated heterocycles. The highest BCUT2D eigenvalue weighted by molar-refractivity contribution is 8.02.